The normalized spacial score (nSPS) is 25.9. The minimum Gasteiger partial charge on any atom is -0.456 e. The molecule has 11 heteroatoms. The molecule has 0 N–H and O–H groups in total. The summed E-state index contributed by atoms with van der Waals surface area (Å²) >= 11 is 1.38. The van der Waals surface area contributed by atoms with E-state index in [0.717, 1.165) is 6.42 Å². The molecule has 3 saturated carbocycles. The van der Waals surface area contributed by atoms with Gasteiger partial charge in [0.1, 0.15) is 16.8 Å². The monoisotopic (exact) mass is 662 g/mol. The summed E-state index contributed by atoms with van der Waals surface area (Å²) < 4.78 is 42.2. The SMILES string of the molecule is CCOC(CSc1ccc(C[C@@H](C)B2O[C@@H]3C[C@@H]4C[C@@H](C4(C)C)[C@]3(C)O2)c(OC(=O)OC(C)(C)C)c1C(=O)OC(C)(C)C)OCC. The lowest BCUT2D eigenvalue weighted by Gasteiger charge is -2.64. The van der Waals surface area contributed by atoms with Gasteiger partial charge in [0.15, 0.2) is 12.0 Å². The first kappa shape index (κ1) is 37.0. The van der Waals surface area contributed by atoms with E-state index in [1.807, 2.05) is 26.0 Å². The van der Waals surface area contributed by atoms with Gasteiger partial charge in [0.25, 0.3) is 0 Å². The third-order valence-electron chi connectivity index (χ3n) is 9.43. The molecule has 4 aliphatic rings. The molecule has 0 radical (unpaired) electrons. The van der Waals surface area contributed by atoms with Crippen molar-refractivity contribution in [2.45, 2.75) is 142 Å². The maximum absolute atomic E-state index is 13.9. The quantitative estimate of drug-likeness (QED) is 0.0718. The number of esters is 1. The molecule has 0 amide bonds. The van der Waals surface area contributed by atoms with Crippen molar-refractivity contribution in [2.75, 3.05) is 19.0 Å². The average molecular weight is 663 g/mol. The molecule has 4 fully saturated rings. The number of benzene rings is 1. The van der Waals surface area contributed by atoms with Crippen LogP contribution in [0.2, 0.25) is 5.82 Å². The Morgan fingerprint density at radius 2 is 1.63 bits per heavy atom. The van der Waals surface area contributed by atoms with E-state index < -0.39 is 36.7 Å². The van der Waals surface area contributed by atoms with Gasteiger partial charge in [0, 0.05) is 23.9 Å². The molecule has 1 aromatic carbocycles. The van der Waals surface area contributed by atoms with Crippen LogP contribution in [0.4, 0.5) is 4.79 Å². The second kappa shape index (κ2) is 14.0. The van der Waals surface area contributed by atoms with Gasteiger partial charge < -0.3 is 33.0 Å². The van der Waals surface area contributed by atoms with Crippen molar-refractivity contribution in [1.29, 1.82) is 0 Å². The maximum atomic E-state index is 13.9. The van der Waals surface area contributed by atoms with Crippen LogP contribution in [-0.2, 0) is 34.7 Å². The van der Waals surface area contributed by atoms with Crippen molar-refractivity contribution in [3.05, 3.63) is 23.3 Å². The van der Waals surface area contributed by atoms with E-state index in [-0.39, 0.29) is 34.3 Å². The molecular weight excluding hydrogens is 607 g/mol. The van der Waals surface area contributed by atoms with Gasteiger partial charge in [-0.1, -0.05) is 26.8 Å². The zero-order chi connectivity index (χ0) is 34.2. The summed E-state index contributed by atoms with van der Waals surface area (Å²) in [6, 6.07) is 3.77. The maximum Gasteiger partial charge on any atom is 0.514 e. The summed E-state index contributed by atoms with van der Waals surface area (Å²) in [6.07, 6.45) is 1.28. The number of carbonyl (C=O) groups excluding carboxylic acids is 2. The van der Waals surface area contributed by atoms with E-state index in [0.29, 0.717) is 47.7 Å². The van der Waals surface area contributed by atoms with Crippen molar-refractivity contribution in [3.63, 3.8) is 0 Å². The van der Waals surface area contributed by atoms with Crippen molar-refractivity contribution in [1.82, 2.24) is 0 Å². The van der Waals surface area contributed by atoms with Gasteiger partial charge in [0.05, 0.1) is 11.7 Å². The largest absolute Gasteiger partial charge is 0.514 e. The Morgan fingerprint density at radius 3 is 2.20 bits per heavy atom. The van der Waals surface area contributed by atoms with Crippen molar-refractivity contribution in [3.8, 4) is 5.75 Å². The van der Waals surface area contributed by atoms with E-state index in [1.54, 1.807) is 41.5 Å². The summed E-state index contributed by atoms with van der Waals surface area (Å²) in [5.41, 5.74) is -0.856. The van der Waals surface area contributed by atoms with E-state index in [2.05, 4.69) is 27.7 Å². The molecule has 0 spiro atoms. The lowest BCUT2D eigenvalue weighted by Crippen LogP contribution is -2.65. The molecule has 46 heavy (non-hydrogen) atoms. The lowest BCUT2D eigenvalue weighted by atomic mass is 9.43. The number of hydrogen-bond acceptors (Lipinski definition) is 10. The highest BCUT2D eigenvalue weighted by atomic mass is 32.2. The zero-order valence-corrected chi connectivity index (χ0v) is 30.8. The predicted octanol–water partition coefficient (Wildman–Crippen LogP) is 8.11. The Hall–Kier alpha value is -1.79. The number of rotatable bonds is 12. The van der Waals surface area contributed by atoms with Gasteiger partial charge in [-0.3, -0.25) is 0 Å². The lowest BCUT2D eigenvalue weighted by molar-refractivity contribution is -0.199. The first-order valence-corrected chi connectivity index (χ1v) is 17.8. The third kappa shape index (κ3) is 8.25. The molecule has 5 atom stereocenters. The van der Waals surface area contributed by atoms with E-state index in [4.69, 9.17) is 33.0 Å². The van der Waals surface area contributed by atoms with E-state index in [1.165, 1.54) is 18.2 Å². The number of ether oxygens (including phenoxy) is 5. The highest BCUT2D eigenvalue weighted by Gasteiger charge is 2.68. The summed E-state index contributed by atoms with van der Waals surface area (Å²) in [4.78, 5) is 27.6. The van der Waals surface area contributed by atoms with Gasteiger partial charge in [-0.05, 0) is 116 Å². The molecule has 3 aliphatic carbocycles. The average Bonchev–Trinajstić information content (AvgIpc) is 3.28. The first-order chi connectivity index (χ1) is 21.3. The molecule has 1 aromatic rings. The molecule has 1 aliphatic heterocycles. The van der Waals surface area contributed by atoms with Gasteiger partial charge in [-0.25, -0.2) is 9.59 Å². The van der Waals surface area contributed by atoms with Crippen LogP contribution < -0.4 is 4.74 Å². The van der Waals surface area contributed by atoms with Gasteiger partial charge in [-0.2, -0.15) is 0 Å². The fourth-order valence-electron chi connectivity index (χ4n) is 7.14. The van der Waals surface area contributed by atoms with Gasteiger partial charge in [0.2, 0.25) is 0 Å². The van der Waals surface area contributed by atoms with Crippen molar-refractivity contribution >= 4 is 31.0 Å². The van der Waals surface area contributed by atoms with Crippen LogP contribution in [0, 0.1) is 17.3 Å². The van der Waals surface area contributed by atoms with Gasteiger partial charge in [-0.15, -0.1) is 11.8 Å². The highest BCUT2D eigenvalue weighted by molar-refractivity contribution is 7.99. The topological polar surface area (TPSA) is 98.8 Å². The highest BCUT2D eigenvalue weighted by Crippen LogP contribution is 2.66. The second-order valence-corrected chi connectivity index (χ2v) is 16.7. The summed E-state index contributed by atoms with van der Waals surface area (Å²) in [5.74, 6) is 0.930. The first-order valence-electron chi connectivity index (χ1n) is 16.8. The Bertz CT molecular complexity index is 1250. The molecule has 0 aromatic heterocycles. The molecule has 5 rings (SSSR count). The van der Waals surface area contributed by atoms with Crippen LogP contribution >= 0.6 is 11.8 Å². The fraction of sp³-hybridized carbons (Fsp3) is 0.771. The zero-order valence-electron chi connectivity index (χ0n) is 29.9. The molecule has 0 unspecified atom stereocenters. The van der Waals surface area contributed by atoms with Crippen molar-refractivity contribution in [2.24, 2.45) is 17.3 Å². The Kier molecular flexibility index (Phi) is 11.3. The Morgan fingerprint density at radius 1 is 1.00 bits per heavy atom. The van der Waals surface area contributed by atoms with Crippen LogP contribution in [-0.4, -0.2) is 67.4 Å². The summed E-state index contributed by atoms with van der Waals surface area (Å²) in [6.45, 7) is 24.4. The van der Waals surface area contributed by atoms with Crippen LogP contribution in [0.1, 0.15) is 112 Å². The number of carbonyl (C=O) groups is 2. The standard InChI is InChI=1S/C35H55BO9S/c1-13-39-27(40-14-2)20-46-24-16-15-22(29(41-31(38)43-33(7,8)9)28(24)30(37)42-32(4,5)6)17-21(3)36-44-26-19-23-18-25(34(23,10)11)35(26,12)45-36/h15-16,21,23,25-27H,13-14,17-20H2,1-12H3/t21-,23+,25+,26-,35+/m1/s1. The van der Waals surface area contributed by atoms with Crippen LogP contribution in [0.25, 0.3) is 0 Å². The molecule has 258 valence electrons. The van der Waals surface area contributed by atoms with E-state index in [9.17, 15) is 9.59 Å². The van der Waals surface area contributed by atoms with Crippen LogP contribution in [0.15, 0.2) is 17.0 Å². The minimum absolute atomic E-state index is 0.0499. The smallest absolute Gasteiger partial charge is 0.456 e. The number of thioether (sulfide) groups is 1. The van der Waals surface area contributed by atoms with Crippen LogP contribution in [0.5, 0.6) is 5.75 Å². The Balaban J connectivity index is 1.68. The van der Waals surface area contributed by atoms with Crippen molar-refractivity contribution < 1.29 is 42.6 Å². The molecule has 9 nitrogen and oxygen atoms in total. The molecular formula is C35H55BO9S. The summed E-state index contributed by atoms with van der Waals surface area (Å²) in [7, 11) is -0.434. The Labute approximate surface area is 280 Å². The molecule has 1 heterocycles. The van der Waals surface area contributed by atoms with E-state index >= 15 is 0 Å². The van der Waals surface area contributed by atoms with Crippen LogP contribution in [0.3, 0.4) is 0 Å². The minimum atomic E-state index is -0.899. The predicted molar refractivity (Wildman–Crippen MR) is 179 cm³/mol. The second-order valence-electron chi connectivity index (χ2n) is 15.7. The fourth-order valence-corrected chi connectivity index (χ4v) is 8.14. The molecule has 2 bridgehead atoms. The molecule has 1 saturated heterocycles. The summed E-state index contributed by atoms with van der Waals surface area (Å²) in [5, 5.41) is 0. The number of hydrogen-bond donors (Lipinski definition) is 0. The van der Waals surface area contributed by atoms with Gasteiger partial charge >= 0.3 is 19.2 Å². The third-order valence-corrected chi connectivity index (χ3v) is 10.5.